The minimum Gasteiger partial charge on any atom is -0.394 e. The minimum atomic E-state index is -1.37. The van der Waals surface area contributed by atoms with E-state index in [-0.39, 0.29) is 10.7 Å². The number of halogens is 4. The van der Waals surface area contributed by atoms with Gasteiger partial charge in [0.1, 0.15) is 35.9 Å². The first-order valence-electron chi connectivity index (χ1n) is 13.4. The van der Waals surface area contributed by atoms with Crippen LogP contribution in [-0.2, 0) is 14.3 Å². The van der Waals surface area contributed by atoms with E-state index in [0.717, 1.165) is 18.9 Å². The van der Waals surface area contributed by atoms with Crippen LogP contribution >= 0.6 is 34.8 Å². The third-order valence-electron chi connectivity index (χ3n) is 7.75. The summed E-state index contributed by atoms with van der Waals surface area (Å²) in [6, 6.07) is 6.91. The molecule has 1 aliphatic heterocycles. The fourth-order valence-corrected chi connectivity index (χ4v) is 6.54. The summed E-state index contributed by atoms with van der Waals surface area (Å²) in [5, 5.41) is 41.3. The van der Waals surface area contributed by atoms with Crippen molar-refractivity contribution in [2.75, 3.05) is 18.6 Å². The number of hydrogen-bond donors (Lipinski definition) is 3. The summed E-state index contributed by atoms with van der Waals surface area (Å²) < 4.78 is 27.1. The van der Waals surface area contributed by atoms with E-state index in [1.165, 1.54) is 41.1 Å². The van der Waals surface area contributed by atoms with E-state index >= 15 is 0 Å². The molecule has 42 heavy (non-hydrogen) atoms. The molecule has 2 heterocycles. The number of hydrogen-bond acceptors (Lipinski definition) is 8. The van der Waals surface area contributed by atoms with E-state index in [0.29, 0.717) is 34.1 Å². The van der Waals surface area contributed by atoms with Crippen LogP contribution in [-0.4, -0.2) is 86.5 Å². The summed E-state index contributed by atoms with van der Waals surface area (Å²) in [6.45, 7) is -0.617. The first kappa shape index (κ1) is 31.1. The molecule has 226 valence electrons. The average molecular weight is 644 g/mol. The lowest BCUT2D eigenvalue weighted by molar-refractivity contribution is -0.211. The predicted octanol–water partition coefficient (Wildman–Crippen LogP) is 4.06. The third kappa shape index (κ3) is 6.29. The van der Waals surface area contributed by atoms with Crippen molar-refractivity contribution in [2.24, 2.45) is 0 Å². The zero-order chi connectivity index (χ0) is 30.1. The number of benzene rings is 2. The van der Waals surface area contributed by atoms with Crippen molar-refractivity contribution in [3.05, 3.63) is 63.5 Å². The van der Waals surface area contributed by atoms with Crippen molar-refractivity contribution >= 4 is 46.4 Å². The number of aliphatic hydroxyl groups excluding tert-OH is 3. The molecule has 5 rings (SSSR count). The molecule has 3 N–H and O–H groups in total. The van der Waals surface area contributed by atoms with Crippen LogP contribution in [0.4, 0.5) is 10.1 Å². The Labute approximate surface area is 256 Å². The summed E-state index contributed by atoms with van der Waals surface area (Å²) >= 11 is 18.6. The van der Waals surface area contributed by atoms with Crippen LogP contribution in [0.3, 0.4) is 0 Å². The molecular weight excluding hydrogens is 614 g/mol. The lowest BCUT2D eigenvalue weighted by atomic mass is 9.88. The molecule has 10 nitrogen and oxygen atoms in total. The Morgan fingerprint density at radius 3 is 2.43 bits per heavy atom. The Hall–Kier alpha value is -2.35. The molecule has 14 heteroatoms. The van der Waals surface area contributed by atoms with Crippen LogP contribution in [0.1, 0.15) is 31.7 Å². The van der Waals surface area contributed by atoms with Crippen molar-refractivity contribution in [1.29, 1.82) is 0 Å². The first-order chi connectivity index (χ1) is 20.1. The number of rotatable bonds is 7. The fourth-order valence-electron chi connectivity index (χ4n) is 5.81. The number of ether oxygens (including phenoxy) is 2. The summed E-state index contributed by atoms with van der Waals surface area (Å²) in [4.78, 5) is 15.9. The van der Waals surface area contributed by atoms with Gasteiger partial charge in [-0.15, -0.1) is 5.10 Å². The Morgan fingerprint density at radius 2 is 1.79 bits per heavy atom. The molecule has 2 aromatic carbocycles. The number of aliphatic hydroxyl groups is 3. The molecule has 0 bridgehead atoms. The molecular formula is C28H30Cl3FN4O6. The number of carbonyl (C=O) groups excluding carboxylic acids is 1. The molecule has 3 aromatic rings. The Bertz CT molecular complexity index is 1390. The number of methoxy groups -OCH3 is 1. The smallest absolute Gasteiger partial charge is 0.259 e. The standard InChI is InChI=1S/C28H30Cl3FN4O6/c1-41-26-24(35-12-20(33-34-35)14-6-15(29)9-18(32)7-14)25(39)23(13-37)42-27(26)28(40)36(21-4-2-3-5-22(21)38)19-10-16(30)8-17(31)11-19/h6-12,21-27,37-39H,2-5,13H2,1H3/t21-,22-,23+,24-,25-,26+,27+/m0/s1. The van der Waals surface area contributed by atoms with E-state index < -0.39 is 60.9 Å². The minimum absolute atomic E-state index is 0.164. The molecule has 0 unspecified atom stereocenters. The summed E-state index contributed by atoms with van der Waals surface area (Å²) in [6.07, 6.45) is -1.82. The SMILES string of the molecule is CO[C@@H]1[C@@H](n2cc(-c3cc(F)cc(Cl)c3)nn2)[C@@H](O)[C@@H](CO)O[C@H]1C(=O)N(c1cc(Cl)cc(Cl)c1)[C@H]1CCCC[C@@H]1O. The van der Waals surface area contributed by atoms with Crippen LogP contribution in [0.5, 0.6) is 0 Å². The second kappa shape index (κ2) is 13.1. The van der Waals surface area contributed by atoms with Gasteiger partial charge in [-0.05, 0) is 49.2 Å². The van der Waals surface area contributed by atoms with Crippen molar-refractivity contribution in [2.45, 2.75) is 68.3 Å². The molecule has 7 atom stereocenters. The second-order valence-electron chi connectivity index (χ2n) is 10.5. The molecule has 1 saturated heterocycles. The lowest BCUT2D eigenvalue weighted by Crippen LogP contribution is -2.63. The maximum atomic E-state index is 14.4. The van der Waals surface area contributed by atoms with E-state index in [1.54, 1.807) is 12.1 Å². The summed E-state index contributed by atoms with van der Waals surface area (Å²) in [5.74, 6) is -1.15. The van der Waals surface area contributed by atoms with E-state index in [1.807, 2.05) is 0 Å². The van der Waals surface area contributed by atoms with Gasteiger partial charge < -0.3 is 29.7 Å². The molecule has 1 saturated carbocycles. The molecule has 0 spiro atoms. The van der Waals surface area contributed by atoms with Crippen LogP contribution in [0, 0.1) is 5.82 Å². The number of aromatic nitrogens is 3. The Balaban J connectivity index is 1.55. The van der Waals surface area contributed by atoms with Crippen molar-refractivity contribution in [3.63, 3.8) is 0 Å². The molecule has 1 aromatic heterocycles. The largest absolute Gasteiger partial charge is 0.394 e. The molecule has 2 fully saturated rings. The number of anilines is 1. The van der Waals surface area contributed by atoms with Gasteiger partial charge in [0.15, 0.2) is 6.10 Å². The van der Waals surface area contributed by atoms with E-state index in [2.05, 4.69) is 10.3 Å². The van der Waals surface area contributed by atoms with Crippen molar-refractivity contribution < 1.29 is 34.0 Å². The topological polar surface area (TPSA) is 130 Å². The van der Waals surface area contributed by atoms with Gasteiger partial charge in [-0.1, -0.05) is 52.9 Å². The number of carbonyl (C=O) groups is 1. The Kier molecular flexibility index (Phi) is 9.70. The van der Waals surface area contributed by atoms with E-state index in [4.69, 9.17) is 44.3 Å². The third-order valence-corrected chi connectivity index (χ3v) is 8.40. The Morgan fingerprint density at radius 1 is 1.10 bits per heavy atom. The maximum Gasteiger partial charge on any atom is 0.259 e. The quantitative estimate of drug-likeness (QED) is 0.352. The monoisotopic (exact) mass is 642 g/mol. The van der Waals surface area contributed by atoms with Crippen LogP contribution in [0.2, 0.25) is 15.1 Å². The van der Waals surface area contributed by atoms with Crippen molar-refractivity contribution in [3.8, 4) is 11.3 Å². The molecule has 2 aliphatic rings. The van der Waals surface area contributed by atoms with Crippen molar-refractivity contribution in [1.82, 2.24) is 15.0 Å². The zero-order valence-corrected chi connectivity index (χ0v) is 24.8. The van der Waals surface area contributed by atoms with Gasteiger partial charge in [0, 0.05) is 33.4 Å². The highest BCUT2D eigenvalue weighted by atomic mass is 35.5. The highest BCUT2D eigenvalue weighted by Gasteiger charge is 2.52. The highest BCUT2D eigenvalue weighted by molar-refractivity contribution is 6.35. The molecule has 1 aliphatic carbocycles. The van der Waals surface area contributed by atoms with Gasteiger partial charge in [-0.2, -0.15) is 0 Å². The predicted molar refractivity (Wildman–Crippen MR) is 154 cm³/mol. The highest BCUT2D eigenvalue weighted by Crippen LogP contribution is 2.37. The molecule has 1 amide bonds. The summed E-state index contributed by atoms with van der Waals surface area (Å²) in [7, 11) is 1.35. The maximum absolute atomic E-state index is 14.4. The van der Waals surface area contributed by atoms with Gasteiger partial charge in [0.05, 0.1) is 24.9 Å². The number of nitrogens with zero attached hydrogens (tertiary/aromatic N) is 4. The average Bonchev–Trinajstić information content (AvgIpc) is 3.43. The first-order valence-corrected chi connectivity index (χ1v) is 14.6. The van der Waals surface area contributed by atoms with Gasteiger partial charge in [0.2, 0.25) is 0 Å². The van der Waals surface area contributed by atoms with E-state index in [9.17, 15) is 24.5 Å². The normalized spacial score (nSPS) is 28.0. The summed E-state index contributed by atoms with van der Waals surface area (Å²) in [5.41, 5.74) is 0.966. The van der Waals surface area contributed by atoms with Gasteiger partial charge >= 0.3 is 0 Å². The van der Waals surface area contributed by atoms with Gasteiger partial charge in [-0.25, -0.2) is 9.07 Å². The van der Waals surface area contributed by atoms with Crippen LogP contribution < -0.4 is 4.90 Å². The van der Waals surface area contributed by atoms with Crippen LogP contribution in [0.15, 0.2) is 42.6 Å². The van der Waals surface area contributed by atoms with Crippen LogP contribution in [0.25, 0.3) is 11.3 Å². The second-order valence-corrected chi connectivity index (χ2v) is 11.8. The van der Waals surface area contributed by atoms with Gasteiger partial charge in [-0.3, -0.25) is 4.79 Å². The fraction of sp³-hybridized carbons (Fsp3) is 0.464. The van der Waals surface area contributed by atoms with Gasteiger partial charge in [0.25, 0.3) is 5.91 Å². The lowest BCUT2D eigenvalue weighted by Gasteiger charge is -2.46. The molecule has 0 radical (unpaired) electrons. The zero-order valence-electron chi connectivity index (χ0n) is 22.5. The number of amides is 1.